The Kier molecular flexibility index (Phi) is 2.45. The quantitative estimate of drug-likeness (QED) is 0.692. The lowest BCUT2D eigenvalue weighted by Gasteiger charge is -2.67. The maximum Gasteiger partial charge on any atom is 0.133 e. The van der Waals surface area contributed by atoms with Crippen LogP contribution in [0.15, 0.2) is 0 Å². The molecular weight excluding hydrogens is 298 g/mol. The molecule has 1 heterocycles. The molecule has 10 unspecified atom stereocenters. The van der Waals surface area contributed by atoms with Crippen LogP contribution in [0.5, 0.6) is 0 Å². The Morgan fingerprint density at radius 2 is 1.67 bits per heavy atom. The Hall–Kier alpha value is -0.120. The highest BCUT2D eigenvalue weighted by atomic mass is 16.9. The van der Waals surface area contributed by atoms with E-state index in [9.17, 15) is 5.21 Å². The molecule has 0 aromatic carbocycles. The third-order valence-corrected chi connectivity index (χ3v) is 11.2. The van der Waals surface area contributed by atoms with Crippen molar-refractivity contribution in [1.82, 2.24) is 0 Å². The molecule has 0 radical (unpaired) electrons. The molecule has 5 saturated carbocycles. The monoisotopic (exact) mass is 331 g/mol. The summed E-state index contributed by atoms with van der Waals surface area (Å²) in [6.45, 7) is 11.0. The lowest BCUT2D eigenvalue weighted by atomic mass is 9.38. The van der Waals surface area contributed by atoms with E-state index < -0.39 is 0 Å². The third kappa shape index (κ3) is 1.24. The van der Waals surface area contributed by atoms with Crippen molar-refractivity contribution in [2.75, 3.05) is 6.61 Å². The Morgan fingerprint density at radius 3 is 2.29 bits per heavy atom. The molecule has 6 rings (SSSR count). The summed E-state index contributed by atoms with van der Waals surface area (Å²) in [6.07, 6.45) is 7.85. The van der Waals surface area contributed by atoms with E-state index in [0.29, 0.717) is 28.8 Å². The van der Waals surface area contributed by atoms with Gasteiger partial charge in [-0.3, -0.25) is 0 Å². The molecule has 1 aliphatic heterocycles. The molecule has 6 aliphatic rings. The van der Waals surface area contributed by atoms with Gasteiger partial charge in [0.2, 0.25) is 0 Å². The van der Waals surface area contributed by atoms with E-state index in [1.54, 1.807) is 0 Å². The van der Waals surface area contributed by atoms with Crippen LogP contribution in [0.3, 0.4) is 0 Å². The second-order valence-corrected chi connectivity index (χ2v) is 11.5. The van der Waals surface area contributed by atoms with Crippen molar-refractivity contribution in [2.24, 2.45) is 51.8 Å². The number of quaternary nitrogens is 1. The highest BCUT2D eigenvalue weighted by molar-refractivity contribution is 5.26. The number of nitrogens with one attached hydrogen (secondary N) is 1. The largest absolute Gasteiger partial charge is 0.599 e. The van der Waals surface area contributed by atoms with Crippen molar-refractivity contribution in [3.63, 3.8) is 0 Å². The predicted octanol–water partition coefficient (Wildman–Crippen LogP) is 3.20. The van der Waals surface area contributed by atoms with Gasteiger partial charge in [-0.25, -0.2) is 10.1 Å². The summed E-state index contributed by atoms with van der Waals surface area (Å²) in [4.78, 5) is 5.54. The summed E-state index contributed by atoms with van der Waals surface area (Å²) in [5.41, 5.74) is 1.39. The van der Waals surface area contributed by atoms with Gasteiger partial charge >= 0.3 is 0 Å². The molecule has 1 N–H and O–H groups in total. The molecule has 1 saturated heterocycles. The summed E-state index contributed by atoms with van der Waals surface area (Å²) in [5, 5.41) is 12.9. The van der Waals surface area contributed by atoms with E-state index in [1.165, 1.54) is 25.7 Å². The van der Waals surface area contributed by atoms with Gasteiger partial charge in [-0.15, -0.1) is 0 Å². The molecule has 0 aromatic heterocycles. The second-order valence-electron chi connectivity index (χ2n) is 11.5. The van der Waals surface area contributed by atoms with Crippen molar-refractivity contribution in [3.8, 4) is 0 Å². The molecule has 3 nitrogen and oxygen atoms in total. The van der Waals surface area contributed by atoms with Gasteiger partial charge in [0.15, 0.2) is 0 Å². The van der Waals surface area contributed by atoms with Gasteiger partial charge in [-0.2, -0.15) is 0 Å². The van der Waals surface area contributed by atoms with Crippen LogP contribution in [-0.4, -0.2) is 12.1 Å². The van der Waals surface area contributed by atoms with Crippen molar-refractivity contribution in [2.45, 2.75) is 71.8 Å². The Balaban J connectivity index is 1.48. The average molecular weight is 332 g/mol. The van der Waals surface area contributed by atoms with Crippen LogP contribution in [0.25, 0.3) is 0 Å². The van der Waals surface area contributed by atoms with E-state index in [2.05, 4.69) is 27.7 Å². The highest BCUT2D eigenvalue weighted by Gasteiger charge is 2.79. The van der Waals surface area contributed by atoms with E-state index >= 15 is 0 Å². The van der Waals surface area contributed by atoms with Gasteiger partial charge in [0, 0.05) is 18.8 Å². The summed E-state index contributed by atoms with van der Waals surface area (Å²) in [5.74, 6) is 4.98. The second kappa shape index (κ2) is 3.92. The minimum absolute atomic E-state index is 0.112. The van der Waals surface area contributed by atoms with Gasteiger partial charge in [0.1, 0.15) is 12.1 Å². The summed E-state index contributed by atoms with van der Waals surface area (Å²) >= 11 is 0. The number of hydrogen-bond donors (Lipinski definition) is 1. The molecule has 0 aromatic rings. The van der Waals surface area contributed by atoms with E-state index in [4.69, 9.17) is 4.84 Å². The van der Waals surface area contributed by atoms with Gasteiger partial charge in [-0.1, -0.05) is 27.7 Å². The van der Waals surface area contributed by atoms with Crippen LogP contribution in [0.1, 0.15) is 66.2 Å². The first-order chi connectivity index (χ1) is 11.3. The van der Waals surface area contributed by atoms with Gasteiger partial charge < -0.3 is 5.21 Å². The maximum atomic E-state index is 12.8. The van der Waals surface area contributed by atoms with Crippen LogP contribution in [-0.2, 0) is 4.84 Å². The molecule has 0 amide bonds. The zero-order valence-electron chi connectivity index (χ0n) is 15.7. The van der Waals surface area contributed by atoms with Crippen LogP contribution in [0, 0.1) is 57.0 Å². The number of hydrogen-bond acceptors (Lipinski definition) is 2. The van der Waals surface area contributed by atoms with E-state index in [0.717, 1.165) is 42.4 Å². The molecule has 6 fully saturated rings. The molecule has 10 atom stereocenters. The first kappa shape index (κ1) is 15.0. The van der Waals surface area contributed by atoms with Crippen molar-refractivity contribution in [1.29, 1.82) is 0 Å². The topological polar surface area (TPSA) is 36.7 Å². The van der Waals surface area contributed by atoms with Crippen molar-refractivity contribution in [3.05, 3.63) is 5.21 Å². The molecule has 4 bridgehead atoms. The van der Waals surface area contributed by atoms with Crippen LogP contribution in [0.4, 0.5) is 0 Å². The standard InChI is InChI=1S/C21H33NO2/c1-18(2)15-9-12(11-21(15)7-8-24-22(21)23)16-13-10-14(17(16)18)20(4)6-5-19(13,20)3/h12-17,22H,5-11H2,1-4H3. The van der Waals surface area contributed by atoms with Crippen LogP contribution >= 0.6 is 0 Å². The molecular formula is C21H33NO2. The molecule has 134 valence electrons. The predicted molar refractivity (Wildman–Crippen MR) is 91.6 cm³/mol. The zero-order chi connectivity index (χ0) is 16.7. The smallest absolute Gasteiger partial charge is 0.133 e. The average Bonchev–Trinajstić information content (AvgIpc) is 3.22. The fourth-order valence-electron chi connectivity index (χ4n) is 10.0. The zero-order valence-corrected chi connectivity index (χ0v) is 15.7. The lowest BCUT2D eigenvalue weighted by Crippen LogP contribution is -3.13. The maximum absolute atomic E-state index is 12.8. The van der Waals surface area contributed by atoms with Crippen molar-refractivity contribution < 1.29 is 10.1 Å². The summed E-state index contributed by atoms with van der Waals surface area (Å²) in [7, 11) is 0. The SMILES string of the molecule is CC1(C)C2C(C3CC1C1(CCO[NH+]1[O-])C3)C1CC2C2(C)CCC12C. The first-order valence-corrected chi connectivity index (χ1v) is 10.4. The Labute approximate surface area is 146 Å². The minimum Gasteiger partial charge on any atom is -0.599 e. The molecule has 3 heteroatoms. The van der Waals surface area contributed by atoms with Crippen molar-refractivity contribution >= 4 is 0 Å². The van der Waals surface area contributed by atoms with Crippen LogP contribution < -0.4 is 5.23 Å². The minimum atomic E-state index is -0.112. The molecule has 1 spiro atoms. The number of fused-ring (bicyclic) bond motifs is 12. The number of rotatable bonds is 0. The summed E-state index contributed by atoms with van der Waals surface area (Å²) < 4.78 is 0. The summed E-state index contributed by atoms with van der Waals surface area (Å²) in [6, 6.07) is 0. The molecule has 24 heavy (non-hydrogen) atoms. The fourth-order valence-corrected chi connectivity index (χ4v) is 10.0. The van der Waals surface area contributed by atoms with E-state index in [1.807, 2.05) is 0 Å². The highest BCUT2D eigenvalue weighted by Crippen LogP contribution is 2.84. The first-order valence-electron chi connectivity index (χ1n) is 10.4. The van der Waals surface area contributed by atoms with Gasteiger partial charge in [-0.05, 0) is 71.5 Å². The third-order valence-electron chi connectivity index (χ3n) is 11.2. The Bertz CT molecular complexity index is 619. The normalized spacial score (nSPS) is 68.1. The molecule has 5 aliphatic carbocycles. The van der Waals surface area contributed by atoms with Gasteiger partial charge in [0.25, 0.3) is 0 Å². The Morgan fingerprint density at radius 1 is 0.958 bits per heavy atom. The fraction of sp³-hybridized carbons (Fsp3) is 1.00. The van der Waals surface area contributed by atoms with Gasteiger partial charge in [0.05, 0.1) is 0 Å². The number of hydroxylamine groups is 2. The van der Waals surface area contributed by atoms with E-state index in [-0.39, 0.29) is 10.8 Å². The van der Waals surface area contributed by atoms with Crippen LogP contribution in [0.2, 0.25) is 0 Å². The lowest BCUT2D eigenvalue weighted by molar-refractivity contribution is -1.08.